The number of anilines is 1. The van der Waals surface area contributed by atoms with Gasteiger partial charge in [0.05, 0.1) is 13.2 Å². The zero-order valence-electron chi connectivity index (χ0n) is 16.3. The van der Waals surface area contributed by atoms with Gasteiger partial charge in [0.15, 0.2) is 11.5 Å². The molecule has 0 aliphatic rings. The van der Waals surface area contributed by atoms with Gasteiger partial charge in [0.2, 0.25) is 15.4 Å². The third-order valence-electron chi connectivity index (χ3n) is 3.45. The summed E-state index contributed by atoms with van der Waals surface area (Å²) in [7, 11) is -2.37. The molecule has 1 aromatic carbocycles. The maximum absolute atomic E-state index is 12.5. The fourth-order valence-electron chi connectivity index (χ4n) is 1.96. The highest BCUT2D eigenvalue weighted by Gasteiger charge is 2.26. The molecule has 1 aromatic heterocycles. The predicted molar refractivity (Wildman–Crippen MR) is 106 cm³/mol. The van der Waals surface area contributed by atoms with Crippen molar-refractivity contribution >= 4 is 32.4 Å². The Morgan fingerprint density at radius 3 is 2.46 bits per heavy atom. The Labute approximate surface area is 168 Å². The second kappa shape index (κ2) is 8.84. The topological polar surface area (TPSA) is 120 Å². The molecule has 9 nitrogen and oxygen atoms in total. The van der Waals surface area contributed by atoms with E-state index in [4.69, 9.17) is 9.47 Å². The van der Waals surface area contributed by atoms with Crippen LogP contribution in [0.3, 0.4) is 0 Å². The Bertz CT molecular complexity index is 922. The number of benzene rings is 1. The number of rotatable bonds is 8. The molecule has 2 N–H and O–H groups in total. The molecular weight excluding hydrogens is 404 g/mol. The summed E-state index contributed by atoms with van der Waals surface area (Å²) >= 11 is 0.781. The second-order valence-electron chi connectivity index (χ2n) is 7.06. The lowest BCUT2D eigenvalue weighted by atomic mass is 9.96. The highest BCUT2D eigenvalue weighted by Crippen LogP contribution is 2.26. The number of nitrogens with one attached hydrogen (secondary N) is 2. The van der Waals surface area contributed by atoms with Crippen LogP contribution >= 0.6 is 11.3 Å². The molecule has 1 atom stereocenters. The number of nitrogens with zero attached hydrogens (tertiary/aromatic N) is 2. The molecule has 0 aliphatic heterocycles. The van der Waals surface area contributed by atoms with Crippen molar-refractivity contribution in [2.75, 3.05) is 19.0 Å². The number of carbonyl (C=O) groups is 1. The van der Waals surface area contributed by atoms with Gasteiger partial charge in [-0.3, -0.25) is 4.79 Å². The SMILES string of the molecule is COc1ccccc1OC[C@H](C)NS(=O)(=O)c1nnc(NC(=O)C(C)(C)C)s1. The number of para-hydroxylation sites is 2. The summed E-state index contributed by atoms with van der Waals surface area (Å²) in [6.45, 7) is 6.98. The van der Waals surface area contributed by atoms with E-state index in [1.54, 1.807) is 45.9 Å². The molecule has 2 aromatic rings. The molecule has 1 heterocycles. The number of sulfonamides is 1. The normalized spacial score (nSPS) is 13.0. The van der Waals surface area contributed by atoms with E-state index in [0.29, 0.717) is 11.5 Å². The average molecular weight is 429 g/mol. The lowest BCUT2D eigenvalue weighted by molar-refractivity contribution is -0.123. The summed E-state index contributed by atoms with van der Waals surface area (Å²) in [5.41, 5.74) is -0.632. The zero-order valence-corrected chi connectivity index (χ0v) is 18.0. The Hall–Kier alpha value is -2.24. The van der Waals surface area contributed by atoms with E-state index in [0.717, 1.165) is 11.3 Å². The van der Waals surface area contributed by atoms with Crippen LogP contribution in [0.1, 0.15) is 27.7 Å². The molecule has 154 valence electrons. The molecule has 0 fully saturated rings. The Morgan fingerprint density at radius 1 is 1.21 bits per heavy atom. The van der Waals surface area contributed by atoms with E-state index in [-0.39, 0.29) is 22.0 Å². The molecule has 1 amide bonds. The van der Waals surface area contributed by atoms with Crippen molar-refractivity contribution in [3.05, 3.63) is 24.3 Å². The minimum atomic E-state index is -3.90. The molecular formula is C17H24N4O5S2. The van der Waals surface area contributed by atoms with Crippen molar-refractivity contribution in [2.45, 2.75) is 38.1 Å². The summed E-state index contributed by atoms with van der Waals surface area (Å²) < 4.78 is 38.0. The van der Waals surface area contributed by atoms with Crippen molar-refractivity contribution < 1.29 is 22.7 Å². The van der Waals surface area contributed by atoms with Gasteiger partial charge in [-0.2, -0.15) is 0 Å². The Kier molecular flexibility index (Phi) is 6.96. The predicted octanol–water partition coefficient (Wildman–Crippen LogP) is 2.28. The van der Waals surface area contributed by atoms with Crippen molar-refractivity contribution in [1.82, 2.24) is 14.9 Å². The number of methoxy groups -OCH3 is 1. The summed E-state index contributed by atoms with van der Waals surface area (Å²) in [5.74, 6) is 0.791. The minimum absolute atomic E-state index is 0.0893. The molecule has 0 bridgehead atoms. The van der Waals surface area contributed by atoms with Crippen LogP contribution < -0.4 is 19.5 Å². The van der Waals surface area contributed by atoms with Crippen molar-refractivity contribution in [3.8, 4) is 11.5 Å². The number of ether oxygens (including phenoxy) is 2. The number of carbonyl (C=O) groups excluding carboxylic acids is 1. The van der Waals surface area contributed by atoms with E-state index < -0.39 is 21.5 Å². The average Bonchev–Trinajstić information content (AvgIpc) is 3.08. The molecule has 28 heavy (non-hydrogen) atoms. The van der Waals surface area contributed by atoms with Crippen molar-refractivity contribution in [2.24, 2.45) is 5.41 Å². The van der Waals surface area contributed by atoms with Crippen molar-refractivity contribution in [3.63, 3.8) is 0 Å². The third-order valence-corrected chi connectivity index (χ3v) is 6.25. The van der Waals surface area contributed by atoms with Crippen molar-refractivity contribution in [1.29, 1.82) is 0 Å². The van der Waals surface area contributed by atoms with E-state index >= 15 is 0 Å². The highest BCUT2D eigenvalue weighted by atomic mass is 32.2. The minimum Gasteiger partial charge on any atom is -0.493 e. The van der Waals surface area contributed by atoms with E-state index in [2.05, 4.69) is 20.2 Å². The van der Waals surface area contributed by atoms with Crippen LogP contribution in [0.4, 0.5) is 5.13 Å². The van der Waals surface area contributed by atoms with Gasteiger partial charge in [-0.15, -0.1) is 10.2 Å². The van der Waals surface area contributed by atoms with Gasteiger partial charge in [-0.25, -0.2) is 13.1 Å². The fourth-order valence-corrected chi connectivity index (χ4v) is 4.09. The number of hydrogen-bond donors (Lipinski definition) is 2. The molecule has 0 spiro atoms. The molecule has 0 saturated heterocycles. The van der Waals surface area contributed by atoms with Crippen LogP contribution in [0, 0.1) is 5.41 Å². The van der Waals surface area contributed by atoms with Gasteiger partial charge in [-0.05, 0) is 19.1 Å². The lowest BCUT2D eigenvalue weighted by Crippen LogP contribution is -2.36. The molecule has 0 unspecified atom stereocenters. The lowest BCUT2D eigenvalue weighted by Gasteiger charge is -2.16. The summed E-state index contributed by atoms with van der Waals surface area (Å²) in [6, 6.07) is 6.55. The first kappa shape index (κ1) is 22.1. The van der Waals surface area contributed by atoms with E-state index in [1.807, 2.05) is 6.07 Å². The third kappa shape index (κ3) is 5.88. The van der Waals surface area contributed by atoms with Crippen LogP contribution in [-0.2, 0) is 14.8 Å². The Balaban J connectivity index is 1.98. The fraction of sp³-hybridized carbons (Fsp3) is 0.471. The first-order valence-corrected chi connectivity index (χ1v) is 10.8. The van der Waals surface area contributed by atoms with Crippen LogP contribution in [0.2, 0.25) is 0 Å². The first-order chi connectivity index (χ1) is 13.0. The van der Waals surface area contributed by atoms with Gasteiger partial charge in [0.1, 0.15) is 6.61 Å². The van der Waals surface area contributed by atoms with Gasteiger partial charge in [0.25, 0.3) is 10.0 Å². The van der Waals surface area contributed by atoms with E-state index in [1.165, 1.54) is 7.11 Å². The molecule has 11 heteroatoms. The number of amides is 1. The zero-order chi connectivity index (χ0) is 20.9. The van der Waals surface area contributed by atoms with Crippen LogP contribution in [0.5, 0.6) is 11.5 Å². The Morgan fingerprint density at radius 2 is 1.86 bits per heavy atom. The van der Waals surface area contributed by atoms with Crippen LogP contribution in [-0.4, -0.2) is 44.3 Å². The highest BCUT2D eigenvalue weighted by molar-refractivity contribution is 7.91. The summed E-state index contributed by atoms with van der Waals surface area (Å²) in [4.78, 5) is 12.0. The molecule has 2 rings (SSSR count). The van der Waals surface area contributed by atoms with Gasteiger partial charge in [-0.1, -0.05) is 44.2 Å². The van der Waals surface area contributed by atoms with E-state index in [9.17, 15) is 13.2 Å². The van der Waals surface area contributed by atoms with Gasteiger partial charge >= 0.3 is 0 Å². The quantitative estimate of drug-likeness (QED) is 0.619. The molecule has 0 saturated carbocycles. The maximum Gasteiger partial charge on any atom is 0.270 e. The van der Waals surface area contributed by atoms with Crippen LogP contribution in [0.15, 0.2) is 28.6 Å². The largest absolute Gasteiger partial charge is 0.493 e. The first-order valence-electron chi connectivity index (χ1n) is 8.46. The smallest absolute Gasteiger partial charge is 0.270 e. The standard InChI is InChI=1S/C17H24N4O5S2/c1-11(10-26-13-9-7-6-8-12(13)25-5)21-28(23,24)16-20-19-15(27-16)18-14(22)17(2,3)4/h6-9,11,21H,10H2,1-5H3,(H,18,19,22)/t11-/m0/s1. The maximum atomic E-state index is 12.5. The number of hydrogen-bond acceptors (Lipinski definition) is 8. The van der Waals surface area contributed by atoms with Crippen LogP contribution in [0.25, 0.3) is 0 Å². The summed E-state index contributed by atoms with van der Waals surface area (Å²) in [6.07, 6.45) is 0. The van der Waals surface area contributed by atoms with Gasteiger partial charge < -0.3 is 14.8 Å². The molecule has 0 aliphatic carbocycles. The second-order valence-corrected chi connectivity index (χ2v) is 9.93. The monoisotopic (exact) mass is 428 g/mol. The van der Waals surface area contributed by atoms with Gasteiger partial charge in [0, 0.05) is 5.41 Å². The number of aromatic nitrogens is 2. The molecule has 0 radical (unpaired) electrons. The summed E-state index contributed by atoms with van der Waals surface area (Å²) in [5, 5.41) is 10.1.